The second-order valence-electron chi connectivity index (χ2n) is 4.15. The molecule has 0 aliphatic heterocycles. The summed E-state index contributed by atoms with van der Waals surface area (Å²) >= 11 is 0. The Labute approximate surface area is 118 Å². The summed E-state index contributed by atoms with van der Waals surface area (Å²) < 4.78 is 0. The molecule has 0 saturated carbocycles. The second kappa shape index (κ2) is 7.13. The molecule has 0 fully saturated rings. The van der Waals surface area contributed by atoms with Crippen LogP contribution in [-0.2, 0) is 0 Å². The Hall–Kier alpha value is -2.56. The molecule has 5 nitrogen and oxygen atoms in total. The molecule has 0 aromatic heterocycles. The number of carbonyl (C=O) groups excluding carboxylic acids is 1. The minimum atomic E-state index is -1.07. The van der Waals surface area contributed by atoms with E-state index >= 15 is 0 Å². The number of carboxylic acid groups (broad SMARTS) is 1. The lowest BCUT2D eigenvalue weighted by atomic mass is 10.1. The highest BCUT2D eigenvalue weighted by molar-refractivity contribution is 6.01. The fourth-order valence-electron chi connectivity index (χ4n) is 1.80. The van der Waals surface area contributed by atoms with Gasteiger partial charge in [-0.1, -0.05) is 24.3 Å². The lowest BCUT2D eigenvalue weighted by Gasteiger charge is -2.27. The summed E-state index contributed by atoms with van der Waals surface area (Å²) in [7, 11) is 1.54. The SMILES string of the molecule is C=CCN(CC=C)C(=O)N(C)c1ccccc1C(=O)O. The first-order chi connectivity index (χ1) is 9.52. The lowest BCUT2D eigenvalue weighted by molar-refractivity contribution is 0.0697. The zero-order chi connectivity index (χ0) is 15.1. The fraction of sp³-hybridized carbons (Fsp3) is 0.200. The van der Waals surface area contributed by atoms with Crippen molar-refractivity contribution in [1.82, 2.24) is 4.90 Å². The minimum absolute atomic E-state index is 0.0838. The normalized spacial score (nSPS) is 9.65. The molecule has 0 radical (unpaired) electrons. The number of amides is 2. The summed E-state index contributed by atoms with van der Waals surface area (Å²) in [6.45, 7) is 7.94. The van der Waals surface area contributed by atoms with Crippen LogP contribution in [0.25, 0.3) is 0 Å². The van der Waals surface area contributed by atoms with Crippen LogP contribution in [0.1, 0.15) is 10.4 Å². The summed E-state index contributed by atoms with van der Waals surface area (Å²) in [4.78, 5) is 26.4. The molecule has 1 aromatic rings. The van der Waals surface area contributed by atoms with E-state index in [4.69, 9.17) is 5.11 Å². The largest absolute Gasteiger partial charge is 0.478 e. The molecular formula is C15H18N2O3. The summed E-state index contributed by atoms with van der Waals surface area (Å²) in [5.41, 5.74) is 0.434. The Morgan fingerprint density at radius 2 is 1.75 bits per heavy atom. The van der Waals surface area contributed by atoms with Gasteiger partial charge in [-0.15, -0.1) is 13.2 Å². The van der Waals surface area contributed by atoms with E-state index < -0.39 is 5.97 Å². The molecule has 0 heterocycles. The van der Waals surface area contributed by atoms with Crippen molar-refractivity contribution in [3.8, 4) is 0 Å². The second-order valence-corrected chi connectivity index (χ2v) is 4.15. The number of para-hydroxylation sites is 1. The van der Waals surface area contributed by atoms with Crippen molar-refractivity contribution in [1.29, 1.82) is 0 Å². The summed E-state index contributed by atoms with van der Waals surface area (Å²) in [5.74, 6) is -1.07. The van der Waals surface area contributed by atoms with Crippen LogP contribution >= 0.6 is 0 Å². The third kappa shape index (κ3) is 3.47. The van der Waals surface area contributed by atoms with Gasteiger partial charge in [0.15, 0.2) is 0 Å². The molecule has 1 aromatic carbocycles. The first-order valence-corrected chi connectivity index (χ1v) is 6.09. The number of aromatic carboxylic acids is 1. The van der Waals surface area contributed by atoms with Crippen LogP contribution in [0.3, 0.4) is 0 Å². The number of anilines is 1. The van der Waals surface area contributed by atoms with Gasteiger partial charge in [-0.3, -0.25) is 4.90 Å². The molecule has 0 aliphatic rings. The van der Waals surface area contributed by atoms with Gasteiger partial charge in [0.05, 0.1) is 11.3 Å². The van der Waals surface area contributed by atoms with Gasteiger partial charge in [-0.2, -0.15) is 0 Å². The van der Waals surface area contributed by atoms with Gasteiger partial charge in [0.1, 0.15) is 0 Å². The van der Waals surface area contributed by atoms with Crippen LogP contribution in [0, 0.1) is 0 Å². The standard InChI is InChI=1S/C15H18N2O3/c1-4-10-17(11-5-2)15(20)16(3)13-9-7-6-8-12(13)14(18)19/h4-9H,1-2,10-11H2,3H3,(H,18,19). The van der Waals surface area contributed by atoms with Crippen molar-refractivity contribution >= 4 is 17.7 Å². The van der Waals surface area contributed by atoms with Crippen molar-refractivity contribution in [2.75, 3.05) is 25.0 Å². The molecular weight excluding hydrogens is 256 g/mol. The topological polar surface area (TPSA) is 60.9 Å². The zero-order valence-corrected chi connectivity index (χ0v) is 11.5. The quantitative estimate of drug-likeness (QED) is 0.811. The molecule has 0 unspecified atom stereocenters. The molecule has 0 aliphatic carbocycles. The smallest absolute Gasteiger partial charge is 0.337 e. The van der Waals surface area contributed by atoms with Crippen LogP contribution in [0.5, 0.6) is 0 Å². The first kappa shape index (κ1) is 15.5. The molecule has 106 valence electrons. The van der Waals surface area contributed by atoms with Crippen LogP contribution in [-0.4, -0.2) is 42.1 Å². The average Bonchev–Trinajstić information content (AvgIpc) is 2.45. The highest BCUT2D eigenvalue weighted by Crippen LogP contribution is 2.20. The zero-order valence-electron chi connectivity index (χ0n) is 11.5. The Kier molecular flexibility index (Phi) is 5.53. The van der Waals surface area contributed by atoms with Gasteiger partial charge < -0.3 is 10.0 Å². The van der Waals surface area contributed by atoms with Gasteiger partial charge in [0.25, 0.3) is 0 Å². The number of carboxylic acids is 1. The predicted molar refractivity (Wildman–Crippen MR) is 79.2 cm³/mol. The highest BCUT2D eigenvalue weighted by atomic mass is 16.4. The third-order valence-electron chi connectivity index (χ3n) is 2.75. The third-order valence-corrected chi connectivity index (χ3v) is 2.75. The maximum atomic E-state index is 12.4. The van der Waals surface area contributed by atoms with Crippen molar-refractivity contribution in [3.63, 3.8) is 0 Å². The number of rotatable bonds is 6. The molecule has 1 N–H and O–H groups in total. The average molecular weight is 274 g/mol. The number of nitrogens with zero attached hydrogens (tertiary/aromatic N) is 2. The van der Waals surface area contributed by atoms with Crippen LogP contribution in [0.4, 0.5) is 10.5 Å². The molecule has 20 heavy (non-hydrogen) atoms. The summed E-state index contributed by atoms with van der Waals surface area (Å²) in [6, 6.07) is 6.07. The fourth-order valence-corrected chi connectivity index (χ4v) is 1.80. The Bertz CT molecular complexity index is 516. The Balaban J connectivity index is 3.07. The van der Waals surface area contributed by atoms with Crippen LogP contribution < -0.4 is 4.90 Å². The lowest BCUT2D eigenvalue weighted by Crippen LogP contribution is -2.42. The summed E-state index contributed by atoms with van der Waals surface area (Å²) in [6.07, 6.45) is 3.22. The molecule has 0 atom stereocenters. The van der Waals surface area contributed by atoms with Crippen molar-refractivity contribution in [2.24, 2.45) is 0 Å². The number of hydrogen-bond donors (Lipinski definition) is 1. The van der Waals surface area contributed by atoms with Crippen molar-refractivity contribution < 1.29 is 14.7 Å². The van der Waals surface area contributed by atoms with E-state index in [1.54, 1.807) is 37.4 Å². The first-order valence-electron chi connectivity index (χ1n) is 6.09. The van der Waals surface area contributed by atoms with Crippen molar-refractivity contribution in [2.45, 2.75) is 0 Å². The highest BCUT2D eigenvalue weighted by Gasteiger charge is 2.21. The van der Waals surface area contributed by atoms with E-state index in [9.17, 15) is 9.59 Å². The van der Waals surface area contributed by atoms with Crippen molar-refractivity contribution in [3.05, 3.63) is 55.1 Å². The van der Waals surface area contributed by atoms with E-state index in [0.29, 0.717) is 18.8 Å². The minimum Gasteiger partial charge on any atom is -0.478 e. The Morgan fingerprint density at radius 3 is 2.25 bits per heavy atom. The van der Waals surface area contributed by atoms with Crippen LogP contribution in [0.2, 0.25) is 0 Å². The van der Waals surface area contributed by atoms with E-state index in [0.717, 1.165) is 0 Å². The molecule has 2 amide bonds. The maximum absolute atomic E-state index is 12.4. The van der Waals surface area contributed by atoms with Gasteiger partial charge in [0.2, 0.25) is 0 Å². The summed E-state index contributed by atoms with van der Waals surface area (Å²) in [5, 5.41) is 9.16. The molecule has 5 heteroatoms. The number of urea groups is 1. The number of carbonyl (C=O) groups is 2. The van der Waals surface area contributed by atoms with Gasteiger partial charge in [-0.25, -0.2) is 9.59 Å². The Morgan fingerprint density at radius 1 is 1.20 bits per heavy atom. The van der Waals surface area contributed by atoms with Gasteiger partial charge >= 0.3 is 12.0 Å². The van der Waals surface area contributed by atoms with Crippen LogP contribution in [0.15, 0.2) is 49.6 Å². The number of benzene rings is 1. The van der Waals surface area contributed by atoms with E-state index in [1.165, 1.54) is 15.9 Å². The predicted octanol–water partition coefficient (Wildman–Crippen LogP) is 2.62. The number of hydrogen-bond acceptors (Lipinski definition) is 2. The van der Waals surface area contributed by atoms with Gasteiger partial charge in [0, 0.05) is 20.1 Å². The van der Waals surface area contributed by atoms with E-state index in [2.05, 4.69) is 13.2 Å². The van der Waals surface area contributed by atoms with E-state index in [1.807, 2.05) is 0 Å². The molecule has 0 saturated heterocycles. The van der Waals surface area contributed by atoms with E-state index in [-0.39, 0.29) is 11.6 Å². The van der Waals surface area contributed by atoms with Gasteiger partial charge in [-0.05, 0) is 12.1 Å². The molecule has 0 bridgehead atoms. The molecule has 1 rings (SSSR count). The monoisotopic (exact) mass is 274 g/mol. The molecule has 0 spiro atoms. The maximum Gasteiger partial charge on any atom is 0.337 e.